The first-order valence-electron chi connectivity index (χ1n) is 5.90. The lowest BCUT2D eigenvalue weighted by atomic mass is 9.91. The summed E-state index contributed by atoms with van der Waals surface area (Å²) in [5.41, 5.74) is 5.89. The summed E-state index contributed by atoms with van der Waals surface area (Å²) in [5, 5.41) is 0. The Bertz CT molecular complexity index is 163. The summed E-state index contributed by atoms with van der Waals surface area (Å²) in [6.45, 7) is 4.79. The van der Waals surface area contributed by atoms with E-state index in [2.05, 4.69) is 16.7 Å². The minimum atomic E-state index is 0.767. The van der Waals surface area contributed by atoms with Crippen LogP contribution in [0.15, 0.2) is 0 Å². The standard InChI is InChI=1S/C11H22N2S/c12-7-11(10-3-6-14-9-10)8-13-4-1-2-5-13/h10-11H,1-9,12H2. The highest BCUT2D eigenvalue weighted by molar-refractivity contribution is 7.99. The van der Waals surface area contributed by atoms with Crippen molar-refractivity contribution in [2.24, 2.45) is 17.6 Å². The second kappa shape index (κ2) is 5.38. The minimum Gasteiger partial charge on any atom is -0.330 e. The van der Waals surface area contributed by atoms with E-state index in [0.717, 1.165) is 18.4 Å². The molecule has 0 aliphatic carbocycles. The molecule has 0 saturated carbocycles. The van der Waals surface area contributed by atoms with E-state index >= 15 is 0 Å². The van der Waals surface area contributed by atoms with Crippen molar-refractivity contribution in [3.8, 4) is 0 Å². The van der Waals surface area contributed by atoms with Gasteiger partial charge < -0.3 is 10.6 Å². The number of hydrogen-bond acceptors (Lipinski definition) is 3. The second-order valence-electron chi connectivity index (χ2n) is 4.63. The van der Waals surface area contributed by atoms with Crippen LogP contribution in [0.3, 0.4) is 0 Å². The Kier molecular flexibility index (Phi) is 4.14. The van der Waals surface area contributed by atoms with E-state index < -0.39 is 0 Å². The van der Waals surface area contributed by atoms with Gasteiger partial charge in [0.05, 0.1) is 0 Å². The molecule has 2 saturated heterocycles. The van der Waals surface area contributed by atoms with Gasteiger partial charge in [0.15, 0.2) is 0 Å². The van der Waals surface area contributed by atoms with Crippen LogP contribution in [0.1, 0.15) is 19.3 Å². The van der Waals surface area contributed by atoms with E-state index in [1.807, 2.05) is 0 Å². The molecule has 0 bridgehead atoms. The molecule has 2 aliphatic rings. The molecule has 2 atom stereocenters. The highest BCUT2D eigenvalue weighted by Gasteiger charge is 2.26. The Morgan fingerprint density at radius 3 is 2.71 bits per heavy atom. The normalized spacial score (nSPS) is 31.1. The lowest BCUT2D eigenvalue weighted by Crippen LogP contribution is -2.35. The maximum Gasteiger partial charge on any atom is 0.00247 e. The lowest BCUT2D eigenvalue weighted by Gasteiger charge is -2.26. The molecule has 2 nitrogen and oxygen atoms in total. The molecular formula is C11H22N2S. The van der Waals surface area contributed by atoms with Gasteiger partial charge in [-0.25, -0.2) is 0 Å². The van der Waals surface area contributed by atoms with Crippen molar-refractivity contribution < 1.29 is 0 Å². The number of nitrogens with two attached hydrogens (primary N) is 1. The third kappa shape index (κ3) is 2.65. The minimum absolute atomic E-state index is 0.767. The predicted molar refractivity (Wildman–Crippen MR) is 63.7 cm³/mol. The van der Waals surface area contributed by atoms with Crippen molar-refractivity contribution in [2.45, 2.75) is 19.3 Å². The van der Waals surface area contributed by atoms with E-state index in [4.69, 9.17) is 5.73 Å². The van der Waals surface area contributed by atoms with Crippen LogP contribution < -0.4 is 5.73 Å². The van der Waals surface area contributed by atoms with Gasteiger partial charge in [-0.15, -0.1) is 0 Å². The van der Waals surface area contributed by atoms with Crippen LogP contribution in [0.2, 0.25) is 0 Å². The highest BCUT2D eigenvalue weighted by Crippen LogP contribution is 2.30. The third-order valence-electron chi connectivity index (χ3n) is 3.63. The number of hydrogen-bond donors (Lipinski definition) is 1. The van der Waals surface area contributed by atoms with Crippen LogP contribution in [0.5, 0.6) is 0 Å². The first-order chi connectivity index (χ1) is 6.90. The molecule has 2 heterocycles. The molecule has 2 unspecified atom stereocenters. The van der Waals surface area contributed by atoms with Gasteiger partial charge in [0.1, 0.15) is 0 Å². The molecule has 0 amide bonds. The molecule has 0 spiro atoms. The van der Waals surface area contributed by atoms with Crippen LogP contribution in [-0.2, 0) is 0 Å². The molecule has 0 aromatic carbocycles. The summed E-state index contributed by atoms with van der Waals surface area (Å²) in [6, 6.07) is 0. The van der Waals surface area contributed by atoms with Gasteiger partial charge in [0.2, 0.25) is 0 Å². The summed E-state index contributed by atoms with van der Waals surface area (Å²) in [5.74, 6) is 4.39. The molecule has 2 N–H and O–H groups in total. The molecular weight excluding hydrogens is 192 g/mol. The Labute approximate surface area is 91.6 Å². The highest BCUT2D eigenvalue weighted by atomic mass is 32.2. The van der Waals surface area contributed by atoms with E-state index in [0.29, 0.717) is 0 Å². The van der Waals surface area contributed by atoms with Crippen molar-refractivity contribution in [3.63, 3.8) is 0 Å². The van der Waals surface area contributed by atoms with Crippen molar-refractivity contribution >= 4 is 11.8 Å². The van der Waals surface area contributed by atoms with Gasteiger partial charge in [-0.3, -0.25) is 0 Å². The van der Waals surface area contributed by atoms with Crippen LogP contribution >= 0.6 is 11.8 Å². The topological polar surface area (TPSA) is 29.3 Å². The third-order valence-corrected chi connectivity index (χ3v) is 4.81. The van der Waals surface area contributed by atoms with E-state index in [1.165, 1.54) is 50.4 Å². The largest absolute Gasteiger partial charge is 0.330 e. The fraction of sp³-hybridized carbons (Fsp3) is 1.00. The molecule has 0 aromatic rings. The Morgan fingerprint density at radius 1 is 1.36 bits per heavy atom. The SMILES string of the molecule is NCC(CN1CCCC1)C1CCSC1. The van der Waals surface area contributed by atoms with Gasteiger partial charge in [-0.2, -0.15) is 11.8 Å². The zero-order valence-corrected chi connectivity index (χ0v) is 9.77. The van der Waals surface area contributed by atoms with E-state index in [1.54, 1.807) is 0 Å². The van der Waals surface area contributed by atoms with Crippen LogP contribution in [0.4, 0.5) is 0 Å². The summed E-state index contributed by atoms with van der Waals surface area (Å²) < 4.78 is 0. The van der Waals surface area contributed by atoms with Crippen LogP contribution in [0, 0.1) is 11.8 Å². The van der Waals surface area contributed by atoms with Gasteiger partial charge in [0.25, 0.3) is 0 Å². The van der Waals surface area contributed by atoms with Crippen LogP contribution in [0.25, 0.3) is 0 Å². The van der Waals surface area contributed by atoms with Crippen molar-refractivity contribution in [2.75, 3.05) is 37.7 Å². The zero-order valence-electron chi connectivity index (χ0n) is 8.95. The molecule has 0 aromatic heterocycles. The molecule has 14 heavy (non-hydrogen) atoms. The Hall–Kier alpha value is 0.270. The first-order valence-corrected chi connectivity index (χ1v) is 7.06. The fourth-order valence-electron chi connectivity index (χ4n) is 2.64. The van der Waals surface area contributed by atoms with Gasteiger partial charge in [-0.1, -0.05) is 0 Å². The average Bonchev–Trinajstić information content (AvgIpc) is 2.86. The number of nitrogens with zero attached hydrogens (tertiary/aromatic N) is 1. The molecule has 0 radical (unpaired) electrons. The van der Waals surface area contributed by atoms with E-state index in [9.17, 15) is 0 Å². The first kappa shape index (κ1) is 10.8. The maximum atomic E-state index is 5.89. The van der Waals surface area contributed by atoms with Crippen LogP contribution in [-0.4, -0.2) is 42.6 Å². The maximum absolute atomic E-state index is 5.89. The number of thioether (sulfide) groups is 1. The van der Waals surface area contributed by atoms with Crippen molar-refractivity contribution in [3.05, 3.63) is 0 Å². The quantitative estimate of drug-likeness (QED) is 0.767. The number of rotatable bonds is 4. The smallest absolute Gasteiger partial charge is 0.00247 e. The second-order valence-corrected chi connectivity index (χ2v) is 5.78. The van der Waals surface area contributed by atoms with E-state index in [-0.39, 0.29) is 0 Å². The van der Waals surface area contributed by atoms with Crippen molar-refractivity contribution in [1.29, 1.82) is 0 Å². The predicted octanol–water partition coefficient (Wildman–Crippen LogP) is 1.41. The molecule has 3 heteroatoms. The monoisotopic (exact) mass is 214 g/mol. The fourth-order valence-corrected chi connectivity index (χ4v) is 4.02. The Balaban J connectivity index is 1.79. The summed E-state index contributed by atoms with van der Waals surface area (Å²) >= 11 is 2.11. The number of likely N-dealkylation sites (tertiary alicyclic amines) is 1. The lowest BCUT2D eigenvalue weighted by molar-refractivity contribution is 0.235. The van der Waals surface area contributed by atoms with Crippen molar-refractivity contribution in [1.82, 2.24) is 4.90 Å². The zero-order chi connectivity index (χ0) is 9.80. The summed E-state index contributed by atoms with van der Waals surface area (Å²) in [7, 11) is 0. The molecule has 2 aliphatic heterocycles. The van der Waals surface area contributed by atoms with Gasteiger partial charge >= 0.3 is 0 Å². The Morgan fingerprint density at radius 2 is 2.14 bits per heavy atom. The summed E-state index contributed by atoms with van der Waals surface area (Å²) in [4.78, 5) is 2.61. The molecule has 82 valence electrons. The molecule has 2 rings (SSSR count). The van der Waals surface area contributed by atoms with Gasteiger partial charge in [-0.05, 0) is 62.2 Å². The van der Waals surface area contributed by atoms with Gasteiger partial charge in [0, 0.05) is 6.54 Å². The average molecular weight is 214 g/mol. The summed E-state index contributed by atoms with van der Waals surface area (Å²) in [6.07, 6.45) is 4.20. The molecule has 2 fully saturated rings.